The van der Waals surface area contributed by atoms with Gasteiger partial charge in [0.2, 0.25) is 0 Å². The SMILES string of the molecule is COc1cc(N=c2ccc3ncc(-c4cnn(CCO[Si](C)(C)C(C)(C)C)c4)nc3n2CCO[Si](C)(C)C(C)(C)C)c(F)c(OC)c1. The summed E-state index contributed by atoms with van der Waals surface area (Å²) < 4.78 is 42.7. The summed E-state index contributed by atoms with van der Waals surface area (Å²) in [5, 5.41) is 4.76. The van der Waals surface area contributed by atoms with E-state index < -0.39 is 22.5 Å². The summed E-state index contributed by atoms with van der Waals surface area (Å²) >= 11 is 0. The molecule has 0 saturated carbocycles. The van der Waals surface area contributed by atoms with Crippen molar-refractivity contribution in [3.63, 3.8) is 0 Å². The van der Waals surface area contributed by atoms with Crippen LogP contribution in [0.2, 0.25) is 36.3 Å². The number of rotatable bonds is 12. The van der Waals surface area contributed by atoms with Gasteiger partial charge in [-0.1, -0.05) is 41.5 Å². The molecule has 0 bridgehead atoms. The van der Waals surface area contributed by atoms with Crippen molar-refractivity contribution in [2.45, 2.75) is 90.9 Å². The zero-order valence-corrected chi connectivity index (χ0v) is 32.1. The second-order valence-corrected chi connectivity index (χ2v) is 24.4. The van der Waals surface area contributed by atoms with E-state index in [9.17, 15) is 0 Å². The molecule has 13 heteroatoms. The van der Waals surface area contributed by atoms with Crippen molar-refractivity contribution in [1.82, 2.24) is 24.3 Å². The Morgan fingerprint density at radius 3 is 2.09 bits per heavy atom. The summed E-state index contributed by atoms with van der Waals surface area (Å²) in [6.07, 6.45) is 5.50. The molecule has 4 rings (SSSR count). The maximum atomic E-state index is 15.4. The van der Waals surface area contributed by atoms with Gasteiger partial charge in [-0.15, -0.1) is 0 Å². The van der Waals surface area contributed by atoms with Crippen LogP contribution in [0.3, 0.4) is 0 Å². The minimum absolute atomic E-state index is 0.0468. The summed E-state index contributed by atoms with van der Waals surface area (Å²) in [6.45, 7) is 24.4. The Morgan fingerprint density at radius 2 is 1.49 bits per heavy atom. The highest BCUT2D eigenvalue weighted by molar-refractivity contribution is 6.74. The van der Waals surface area contributed by atoms with E-state index in [0.717, 1.165) is 5.56 Å². The normalized spacial score (nSPS) is 13.4. The quantitative estimate of drug-likeness (QED) is 0.141. The first kappa shape index (κ1) is 36.4. The Balaban J connectivity index is 1.75. The first-order valence-electron chi connectivity index (χ1n) is 16.0. The zero-order chi connectivity index (χ0) is 34.8. The van der Waals surface area contributed by atoms with Crippen LogP contribution in [-0.4, -0.2) is 68.4 Å². The average molecular weight is 683 g/mol. The second-order valence-electron chi connectivity index (χ2n) is 14.8. The molecule has 0 atom stereocenters. The van der Waals surface area contributed by atoms with Crippen LogP contribution >= 0.6 is 0 Å². The Labute approximate surface area is 280 Å². The zero-order valence-electron chi connectivity index (χ0n) is 30.1. The van der Waals surface area contributed by atoms with Gasteiger partial charge in [-0.2, -0.15) is 5.10 Å². The molecule has 256 valence electrons. The Hall–Kier alpha value is -3.40. The third kappa shape index (κ3) is 8.37. The molecular formula is C34H51FN6O4Si2. The van der Waals surface area contributed by atoms with Crippen molar-refractivity contribution < 1.29 is 22.7 Å². The Bertz CT molecular complexity index is 1770. The number of fused-ring (bicyclic) bond motifs is 1. The lowest BCUT2D eigenvalue weighted by molar-refractivity contribution is 0.266. The minimum Gasteiger partial charge on any atom is -0.497 e. The molecule has 0 amide bonds. The number of pyridine rings is 1. The maximum absolute atomic E-state index is 15.4. The van der Waals surface area contributed by atoms with E-state index in [1.807, 2.05) is 27.6 Å². The van der Waals surface area contributed by atoms with Crippen LogP contribution in [0.1, 0.15) is 41.5 Å². The number of halogens is 1. The van der Waals surface area contributed by atoms with Gasteiger partial charge in [-0.3, -0.25) is 9.67 Å². The number of hydrogen-bond acceptors (Lipinski definition) is 8. The number of hydrogen-bond donors (Lipinski definition) is 0. The fourth-order valence-electron chi connectivity index (χ4n) is 4.38. The van der Waals surface area contributed by atoms with E-state index in [4.69, 9.17) is 33.3 Å². The average Bonchev–Trinajstić information content (AvgIpc) is 3.46. The standard InChI is InChI=1S/C34H51FN6O4Si2/c1-33(2,3)46(9,10)44-17-15-40-23-24(21-37-40)28-22-36-26-13-14-30(38-27-19-25(42-7)20-29(43-8)31(27)35)41(32(26)39-28)16-18-45-47(11,12)34(4,5)6/h13-14,19-23H,15-18H2,1-12H3. The molecule has 10 nitrogen and oxygen atoms in total. The van der Waals surface area contributed by atoms with E-state index in [-0.39, 0.29) is 21.5 Å². The van der Waals surface area contributed by atoms with Crippen LogP contribution in [0.4, 0.5) is 10.1 Å². The summed E-state index contributed by atoms with van der Waals surface area (Å²) in [6, 6.07) is 6.69. The summed E-state index contributed by atoms with van der Waals surface area (Å²) in [4.78, 5) is 14.5. The van der Waals surface area contributed by atoms with Crippen molar-refractivity contribution in [3.8, 4) is 22.8 Å². The topological polar surface area (TPSA) is 97.8 Å². The lowest BCUT2D eigenvalue weighted by atomic mass is 10.2. The molecule has 47 heavy (non-hydrogen) atoms. The van der Waals surface area contributed by atoms with Crippen molar-refractivity contribution in [2.75, 3.05) is 27.4 Å². The molecule has 0 spiro atoms. The molecule has 0 N–H and O–H groups in total. The Morgan fingerprint density at radius 1 is 0.851 bits per heavy atom. The lowest BCUT2D eigenvalue weighted by Crippen LogP contribution is -2.41. The molecule has 0 radical (unpaired) electrons. The number of ether oxygens (including phenoxy) is 2. The fraction of sp³-hybridized carbons (Fsp3) is 0.529. The van der Waals surface area contributed by atoms with Gasteiger partial charge in [-0.05, 0) is 48.4 Å². The number of methoxy groups -OCH3 is 2. The van der Waals surface area contributed by atoms with Gasteiger partial charge >= 0.3 is 0 Å². The highest BCUT2D eigenvalue weighted by Gasteiger charge is 2.37. The van der Waals surface area contributed by atoms with E-state index >= 15 is 4.39 Å². The minimum atomic E-state index is -2.04. The van der Waals surface area contributed by atoms with E-state index in [1.165, 1.54) is 20.3 Å². The molecule has 0 fully saturated rings. The molecule has 0 aliphatic rings. The van der Waals surface area contributed by atoms with Crippen LogP contribution in [0.25, 0.3) is 22.4 Å². The van der Waals surface area contributed by atoms with Crippen molar-refractivity contribution >= 4 is 33.5 Å². The van der Waals surface area contributed by atoms with Crippen LogP contribution in [-0.2, 0) is 21.9 Å². The smallest absolute Gasteiger partial charge is 0.192 e. The van der Waals surface area contributed by atoms with Crippen LogP contribution in [0.5, 0.6) is 11.5 Å². The predicted molar refractivity (Wildman–Crippen MR) is 190 cm³/mol. The number of benzene rings is 1. The Kier molecular flexibility index (Phi) is 10.8. The molecule has 0 aliphatic carbocycles. The third-order valence-electron chi connectivity index (χ3n) is 9.49. The molecule has 3 aromatic heterocycles. The van der Waals surface area contributed by atoms with Gasteiger partial charge in [0.15, 0.2) is 33.8 Å². The molecule has 4 aromatic rings. The molecule has 1 aromatic carbocycles. The third-order valence-corrected chi connectivity index (χ3v) is 18.6. The highest BCUT2D eigenvalue weighted by atomic mass is 28.4. The van der Waals surface area contributed by atoms with Gasteiger partial charge in [-0.25, -0.2) is 14.4 Å². The van der Waals surface area contributed by atoms with Gasteiger partial charge in [0, 0.05) is 30.4 Å². The molecular weight excluding hydrogens is 632 g/mol. The lowest BCUT2D eigenvalue weighted by Gasteiger charge is -2.36. The largest absolute Gasteiger partial charge is 0.497 e. The molecule has 3 heterocycles. The fourth-order valence-corrected chi connectivity index (χ4v) is 6.45. The van der Waals surface area contributed by atoms with Gasteiger partial charge in [0.05, 0.1) is 52.1 Å². The van der Waals surface area contributed by atoms with E-state index in [1.54, 1.807) is 18.5 Å². The molecule has 0 saturated heterocycles. The van der Waals surface area contributed by atoms with Crippen LogP contribution in [0, 0.1) is 5.82 Å². The highest BCUT2D eigenvalue weighted by Crippen LogP contribution is 2.37. The first-order chi connectivity index (χ1) is 21.9. The summed E-state index contributed by atoms with van der Waals surface area (Å²) in [7, 11) is -0.960. The van der Waals surface area contributed by atoms with Gasteiger partial charge in [0.1, 0.15) is 22.4 Å². The second kappa shape index (κ2) is 14.0. The van der Waals surface area contributed by atoms with E-state index in [2.05, 4.69) is 72.8 Å². The summed E-state index contributed by atoms with van der Waals surface area (Å²) in [5.74, 6) is -0.0999. The van der Waals surface area contributed by atoms with Crippen molar-refractivity contribution in [1.29, 1.82) is 0 Å². The molecule has 0 unspecified atom stereocenters. The van der Waals surface area contributed by atoms with Gasteiger partial charge in [0.25, 0.3) is 0 Å². The van der Waals surface area contributed by atoms with E-state index in [0.29, 0.717) is 54.4 Å². The molecule has 0 aliphatic heterocycles. The monoisotopic (exact) mass is 682 g/mol. The van der Waals surface area contributed by atoms with Crippen LogP contribution < -0.4 is 15.0 Å². The van der Waals surface area contributed by atoms with Gasteiger partial charge < -0.3 is 22.9 Å². The first-order valence-corrected chi connectivity index (χ1v) is 21.8. The van der Waals surface area contributed by atoms with Crippen LogP contribution in [0.15, 0.2) is 47.8 Å². The predicted octanol–water partition coefficient (Wildman–Crippen LogP) is 7.73. The maximum Gasteiger partial charge on any atom is 0.192 e. The number of nitrogens with zero attached hydrogens (tertiary/aromatic N) is 6. The summed E-state index contributed by atoms with van der Waals surface area (Å²) in [5.41, 5.74) is 3.37. The van der Waals surface area contributed by atoms with Crippen molar-refractivity contribution in [2.24, 2.45) is 4.99 Å². The number of aromatic nitrogens is 5. The van der Waals surface area contributed by atoms with Crippen molar-refractivity contribution in [3.05, 3.63) is 54.2 Å².